The fourth-order valence-corrected chi connectivity index (χ4v) is 4.07. The molecule has 11 heteroatoms. The highest BCUT2D eigenvalue weighted by Gasteiger charge is 2.18. The molecular formula is C24H26N4O6S. The number of aromatic nitrogens is 2. The van der Waals surface area contributed by atoms with Crippen molar-refractivity contribution in [2.24, 2.45) is 0 Å². The van der Waals surface area contributed by atoms with Crippen LogP contribution in [0.25, 0.3) is 0 Å². The van der Waals surface area contributed by atoms with Gasteiger partial charge in [-0.15, -0.1) is 0 Å². The van der Waals surface area contributed by atoms with Crippen LogP contribution in [0.4, 0.5) is 11.5 Å². The predicted molar refractivity (Wildman–Crippen MR) is 129 cm³/mol. The van der Waals surface area contributed by atoms with Gasteiger partial charge in [0, 0.05) is 24.5 Å². The molecule has 0 spiro atoms. The van der Waals surface area contributed by atoms with Gasteiger partial charge in [-0.3, -0.25) is 14.3 Å². The van der Waals surface area contributed by atoms with Gasteiger partial charge >= 0.3 is 5.97 Å². The molecule has 35 heavy (non-hydrogen) atoms. The van der Waals surface area contributed by atoms with Gasteiger partial charge in [0.05, 0.1) is 25.0 Å². The monoisotopic (exact) mass is 498 g/mol. The summed E-state index contributed by atoms with van der Waals surface area (Å²) >= 11 is 0. The molecule has 0 saturated carbocycles. The minimum atomic E-state index is -3.95. The Morgan fingerprint density at radius 2 is 1.66 bits per heavy atom. The van der Waals surface area contributed by atoms with Gasteiger partial charge in [0.1, 0.15) is 0 Å². The molecule has 0 aliphatic rings. The first kappa shape index (κ1) is 25.6. The van der Waals surface area contributed by atoms with Crippen molar-refractivity contribution in [2.45, 2.75) is 30.6 Å². The van der Waals surface area contributed by atoms with Crippen molar-refractivity contribution < 1.29 is 27.5 Å². The smallest absolute Gasteiger partial charge is 0.306 e. The number of ether oxygens (including phenoxy) is 2. The fourth-order valence-electron chi connectivity index (χ4n) is 3.07. The van der Waals surface area contributed by atoms with E-state index in [1.54, 1.807) is 0 Å². The second-order valence-corrected chi connectivity index (χ2v) is 9.08. The lowest BCUT2D eigenvalue weighted by Gasteiger charge is -2.10. The summed E-state index contributed by atoms with van der Waals surface area (Å²) in [6.07, 6.45) is 4.12. The van der Waals surface area contributed by atoms with Gasteiger partial charge in [-0.1, -0.05) is 30.3 Å². The molecule has 184 valence electrons. The summed E-state index contributed by atoms with van der Waals surface area (Å²) in [5.74, 6) is -0.835. The molecule has 0 saturated heterocycles. The number of hydrogen-bond donors (Lipinski definition) is 2. The van der Waals surface area contributed by atoms with Crippen LogP contribution in [0.5, 0.6) is 5.88 Å². The van der Waals surface area contributed by atoms with Crippen molar-refractivity contribution in [2.75, 3.05) is 23.8 Å². The Kier molecular flexibility index (Phi) is 9.13. The largest absolute Gasteiger partial charge is 0.478 e. The van der Waals surface area contributed by atoms with Crippen molar-refractivity contribution in [1.29, 1.82) is 0 Å². The zero-order valence-corrected chi connectivity index (χ0v) is 20.0. The third-order valence-electron chi connectivity index (χ3n) is 4.81. The van der Waals surface area contributed by atoms with Crippen molar-refractivity contribution in [3.05, 3.63) is 72.6 Å². The van der Waals surface area contributed by atoms with E-state index in [-0.39, 0.29) is 35.3 Å². The first-order valence-electron chi connectivity index (χ1n) is 10.8. The number of sulfonamides is 1. The molecule has 2 aromatic carbocycles. The topological polar surface area (TPSA) is 137 Å². The van der Waals surface area contributed by atoms with Crippen LogP contribution < -0.4 is 14.8 Å². The number of benzene rings is 2. The highest BCUT2D eigenvalue weighted by atomic mass is 32.2. The minimum Gasteiger partial charge on any atom is -0.478 e. The Labute approximate surface area is 203 Å². The van der Waals surface area contributed by atoms with Crippen molar-refractivity contribution in [1.82, 2.24) is 9.97 Å². The van der Waals surface area contributed by atoms with Gasteiger partial charge in [0.15, 0.2) is 0 Å². The molecule has 2 N–H and O–H groups in total. The van der Waals surface area contributed by atoms with Crippen LogP contribution in [0, 0.1) is 0 Å². The lowest BCUT2D eigenvalue weighted by Crippen LogP contribution is -2.16. The molecular weight excluding hydrogens is 472 g/mol. The number of nitrogens with zero attached hydrogens (tertiary/aromatic N) is 2. The summed E-state index contributed by atoms with van der Waals surface area (Å²) < 4.78 is 37.7. The highest BCUT2D eigenvalue weighted by molar-refractivity contribution is 7.92. The van der Waals surface area contributed by atoms with E-state index in [1.807, 2.05) is 30.3 Å². The first-order valence-corrected chi connectivity index (χ1v) is 12.3. The number of aryl methyl sites for hydroxylation is 1. The van der Waals surface area contributed by atoms with Crippen LogP contribution in [0.2, 0.25) is 0 Å². The fraction of sp³-hybridized carbons (Fsp3) is 0.250. The molecule has 3 rings (SSSR count). The third-order valence-corrected chi connectivity index (χ3v) is 6.16. The number of esters is 1. The molecule has 0 aliphatic carbocycles. The van der Waals surface area contributed by atoms with Gasteiger partial charge in [0.2, 0.25) is 11.7 Å². The van der Waals surface area contributed by atoms with E-state index in [4.69, 9.17) is 9.47 Å². The second-order valence-electron chi connectivity index (χ2n) is 7.40. The van der Waals surface area contributed by atoms with Gasteiger partial charge < -0.3 is 14.8 Å². The summed E-state index contributed by atoms with van der Waals surface area (Å²) in [7, 11) is -2.60. The quantitative estimate of drug-likeness (QED) is 0.287. The summed E-state index contributed by atoms with van der Waals surface area (Å²) in [6, 6.07) is 15.5. The predicted octanol–water partition coefficient (Wildman–Crippen LogP) is 3.18. The maximum atomic E-state index is 12.6. The number of rotatable bonds is 12. The zero-order valence-electron chi connectivity index (χ0n) is 19.1. The van der Waals surface area contributed by atoms with E-state index in [0.29, 0.717) is 18.7 Å². The highest BCUT2D eigenvalue weighted by Crippen LogP contribution is 2.22. The van der Waals surface area contributed by atoms with Crippen molar-refractivity contribution >= 4 is 33.4 Å². The number of hydrogen-bond acceptors (Lipinski definition) is 8. The van der Waals surface area contributed by atoms with Crippen LogP contribution in [-0.4, -0.2) is 44.0 Å². The number of anilines is 2. The first-order chi connectivity index (χ1) is 16.9. The van der Waals surface area contributed by atoms with Crippen molar-refractivity contribution in [3.8, 4) is 5.88 Å². The summed E-state index contributed by atoms with van der Waals surface area (Å²) in [4.78, 5) is 31.8. The summed E-state index contributed by atoms with van der Waals surface area (Å²) in [5.41, 5.74) is 1.56. The van der Waals surface area contributed by atoms with Crippen LogP contribution in [0.1, 0.15) is 24.8 Å². The second kappa shape index (κ2) is 12.5. The molecule has 0 radical (unpaired) electrons. The van der Waals surface area contributed by atoms with Crippen LogP contribution in [-0.2, 0) is 30.8 Å². The Balaban J connectivity index is 1.42. The van der Waals surface area contributed by atoms with Gasteiger partial charge in [-0.25, -0.2) is 18.4 Å². The van der Waals surface area contributed by atoms with Crippen LogP contribution in [0.3, 0.4) is 0 Å². The van der Waals surface area contributed by atoms with E-state index in [1.165, 1.54) is 49.3 Å². The minimum absolute atomic E-state index is 0.0367. The number of carbonyl (C=O) groups excluding carboxylic acids is 2. The third kappa shape index (κ3) is 8.07. The summed E-state index contributed by atoms with van der Waals surface area (Å²) in [6.45, 7) is 0.291. The SMILES string of the molecule is COc1nccnc1NS(=O)(=O)c1ccc(NC(=O)CCC(=O)OCCCc2ccccc2)cc1. The lowest BCUT2D eigenvalue weighted by atomic mass is 10.1. The van der Waals surface area contributed by atoms with Crippen LogP contribution >= 0.6 is 0 Å². The summed E-state index contributed by atoms with van der Waals surface area (Å²) in [5, 5.41) is 2.63. The molecule has 1 heterocycles. The van der Waals surface area contributed by atoms with E-state index in [9.17, 15) is 18.0 Å². The lowest BCUT2D eigenvalue weighted by molar-refractivity contribution is -0.144. The molecule has 0 unspecified atom stereocenters. The molecule has 1 aromatic heterocycles. The van der Waals surface area contributed by atoms with E-state index < -0.39 is 16.0 Å². The molecule has 0 aliphatic heterocycles. The van der Waals surface area contributed by atoms with E-state index in [2.05, 4.69) is 20.0 Å². The average molecular weight is 499 g/mol. The van der Waals surface area contributed by atoms with Gasteiger partial charge in [-0.2, -0.15) is 0 Å². The van der Waals surface area contributed by atoms with Gasteiger partial charge in [0.25, 0.3) is 15.9 Å². The molecule has 10 nitrogen and oxygen atoms in total. The molecule has 1 amide bonds. The maximum absolute atomic E-state index is 12.6. The Morgan fingerprint density at radius 1 is 0.943 bits per heavy atom. The Hall–Kier alpha value is -3.99. The number of amides is 1. The normalized spacial score (nSPS) is 10.9. The van der Waals surface area contributed by atoms with Crippen LogP contribution in [0.15, 0.2) is 71.9 Å². The number of methoxy groups -OCH3 is 1. The van der Waals surface area contributed by atoms with E-state index >= 15 is 0 Å². The Morgan fingerprint density at radius 3 is 2.37 bits per heavy atom. The molecule has 0 atom stereocenters. The van der Waals surface area contributed by atoms with Crippen molar-refractivity contribution in [3.63, 3.8) is 0 Å². The van der Waals surface area contributed by atoms with Gasteiger partial charge in [-0.05, 0) is 42.7 Å². The molecule has 0 fully saturated rings. The number of nitrogens with one attached hydrogen (secondary N) is 2. The maximum Gasteiger partial charge on any atom is 0.306 e. The number of carbonyl (C=O) groups is 2. The zero-order chi connectivity index (χ0) is 25.1. The average Bonchev–Trinajstić information content (AvgIpc) is 2.86. The standard InChI is InChI=1S/C24H26N4O6S/c1-33-24-23(25-15-16-26-24)28-35(31,32)20-11-9-19(10-12-20)27-21(29)13-14-22(30)34-17-5-8-18-6-3-2-4-7-18/h2-4,6-7,9-12,15-16H,5,8,13-14,17H2,1H3,(H,25,28)(H,27,29). The Bertz CT molecular complexity index is 1230. The molecule has 3 aromatic rings. The van der Waals surface area contributed by atoms with E-state index in [0.717, 1.165) is 6.42 Å². The molecule has 0 bridgehead atoms.